The number of nitrogens with zero attached hydrogens (tertiary/aromatic N) is 9. The Labute approximate surface area is 216 Å². The molecule has 0 amide bonds. The summed E-state index contributed by atoms with van der Waals surface area (Å²) in [7, 11) is 4.29. The van der Waals surface area contributed by atoms with Gasteiger partial charge in [0.15, 0.2) is 5.82 Å². The molecule has 5 heterocycles. The Morgan fingerprint density at radius 2 is 1.97 bits per heavy atom. The number of piperidine rings is 1. The molecule has 11 nitrogen and oxygen atoms in total. The highest BCUT2D eigenvalue weighted by Crippen LogP contribution is 2.30. The van der Waals surface area contributed by atoms with Crippen LogP contribution < -0.4 is 16.0 Å². The minimum Gasteiger partial charge on any atom is -0.382 e. The zero-order valence-electron chi connectivity index (χ0n) is 21.5. The van der Waals surface area contributed by atoms with Crippen molar-refractivity contribution >= 4 is 23.0 Å². The smallest absolute Gasteiger partial charge is 0.171 e. The van der Waals surface area contributed by atoms with Crippen LogP contribution >= 0.6 is 0 Å². The molecule has 1 aliphatic heterocycles. The number of hydrogen-bond donors (Lipinski definition) is 2. The third-order valence-electron chi connectivity index (χ3n) is 7.00. The van der Waals surface area contributed by atoms with Crippen molar-refractivity contribution in [3.8, 4) is 17.3 Å². The highest BCUT2D eigenvalue weighted by Gasteiger charge is 2.23. The molecule has 3 N–H and O–H groups in total. The average molecular weight is 498 g/mol. The molecular weight excluding hydrogens is 466 g/mol. The lowest BCUT2D eigenvalue weighted by atomic mass is 10.0. The summed E-state index contributed by atoms with van der Waals surface area (Å²) in [6.45, 7) is 5.92. The molecule has 4 aromatic rings. The summed E-state index contributed by atoms with van der Waals surface area (Å²) >= 11 is 0. The number of rotatable bonds is 6. The Hall–Kier alpha value is -4.30. The van der Waals surface area contributed by atoms with Crippen LogP contribution in [0, 0.1) is 18.3 Å². The van der Waals surface area contributed by atoms with Gasteiger partial charge in [-0.1, -0.05) is 0 Å². The first-order valence-corrected chi connectivity index (χ1v) is 12.4. The van der Waals surface area contributed by atoms with Crippen LogP contribution in [0.15, 0.2) is 36.9 Å². The number of pyridine rings is 1. The molecule has 0 unspecified atom stereocenters. The van der Waals surface area contributed by atoms with Gasteiger partial charge < -0.3 is 20.9 Å². The molecule has 0 aromatic carbocycles. The molecule has 0 saturated carbocycles. The standard InChI is InChI=1S/C26H31N11/c1-16-6-12-37-23(16)22(18-5-9-29-21(13-18)36-10-7-19(8-11-36)35(3)4)33-25(34-37)17(2)32-26-20(14-27)24(28)30-15-31-26/h5-6,9,12-13,15,17,19H,7-8,10-11H2,1-4H3,(H3,28,30,31,32)/t17-/m0/s1. The quantitative estimate of drug-likeness (QED) is 0.409. The van der Waals surface area contributed by atoms with Crippen molar-refractivity contribution in [2.75, 3.05) is 43.1 Å². The molecule has 11 heteroatoms. The van der Waals surface area contributed by atoms with Crippen molar-refractivity contribution in [2.24, 2.45) is 0 Å². The minimum absolute atomic E-state index is 0.129. The van der Waals surface area contributed by atoms with Gasteiger partial charge in [-0.05, 0) is 64.5 Å². The monoisotopic (exact) mass is 497 g/mol. The summed E-state index contributed by atoms with van der Waals surface area (Å²) < 4.78 is 1.85. The van der Waals surface area contributed by atoms with Gasteiger partial charge in [-0.3, -0.25) is 0 Å². The zero-order valence-corrected chi connectivity index (χ0v) is 21.5. The number of aryl methyl sites for hydroxylation is 1. The first-order chi connectivity index (χ1) is 17.9. The largest absolute Gasteiger partial charge is 0.382 e. The summed E-state index contributed by atoms with van der Waals surface area (Å²) in [5.41, 5.74) is 9.90. The SMILES string of the molecule is Cc1ccn2nc([C@H](C)Nc3ncnc(N)c3C#N)nc(-c3ccnc(N4CCC(N(C)C)CC4)c3)c12. The summed E-state index contributed by atoms with van der Waals surface area (Å²) in [5, 5.41) is 17.5. The second-order valence-electron chi connectivity index (χ2n) is 9.66. The fraction of sp³-hybridized carbons (Fsp3) is 0.385. The van der Waals surface area contributed by atoms with E-state index in [-0.39, 0.29) is 17.4 Å². The molecule has 1 fully saturated rings. The van der Waals surface area contributed by atoms with Crippen molar-refractivity contribution in [3.05, 3.63) is 53.9 Å². The maximum atomic E-state index is 9.50. The normalized spacial score (nSPS) is 15.2. The number of nitriles is 1. The van der Waals surface area contributed by atoms with E-state index in [1.54, 1.807) is 0 Å². The lowest BCUT2D eigenvalue weighted by molar-refractivity contribution is 0.249. The maximum Gasteiger partial charge on any atom is 0.171 e. The zero-order chi connectivity index (χ0) is 26.1. The molecule has 0 bridgehead atoms. The number of anilines is 3. The van der Waals surface area contributed by atoms with Gasteiger partial charge in [0.2, 0.25) is 0 Å². The van der Waals surface area contributed by atoms with E-state index in [1.165, 1.54) is 6.33 Å². The summed E-state index contributed by atoms with van der Waals surface area (Å²) in [4.78, 5) is 22.4. The molecular formula is C26H31N11. The van der Waals surface area contributed by atoms with Gasteiger partial charge in [0.25, 0.3) is 0 Å². The fourth-order valence-corrected chi connectivity index (χ4v) is 4.82. The fourth-order valence-electron chi connectivity index (χ4n) is 4.82. The van der Waals surface area contributed by atoms with E-state index in [9.17, 15) is 5.26 Å². The number of aromatic nitrogens is 6. The Balaban J connectivity index is 1.50. The maximum absolute atomic E-state index is 9.50. The highest BCUT2D eigenvalue weighted by molar-refractivity contribution is 5.80. The van der Waals surface area contributed by atoms with Gasteiger partial charge >= 0.3 is 0 Å². The van der Waals surface area contributed by atoms with E-state index in [4.69, 9.17) is 15.8 Å². The van der Waals surface area contributed by atoms with Crippen LogP contribution in [0.4, 0.5) is 17.5 Å². The van der Waals surface area contributed by atoms with Crippen molar-refractivity contribution < 1.29 is 0 Å². The van der Waals surface area contributed by atoms with Crippen LogP contribution in [0.1, 0.15) is 42.8 Å². The summed E-state index contributed by atoms with van der Waals surface area (Å²) in [5.74, 6) is 2.00. The molecule has 190 valence electrons. The Morgan fingerprint density at radius 3 is 2.70 bits per heavy atom. The van der Waals surface area contributed by atoms with Crippen molar-refractivity contribution in [1.29, 1.82) is 5.26 Å². The van der Waals surface area contributed by atoms with E-state index >= 15 is 0 Å². The predicted molar refractivity (Wildman–Crippen MR) is 143 cm³/mol. The Morgan fingerprint density at radius 1 is 1.19 bits per heavy atom. The minimum atomic E-state index is -0.348. The molecule has 1 aliphatic rings. The molecule has 0 radical (unpaired) electrons. The van der Waals surface area contributed by atoms with Gasteiger partial charge in [0.05, 0.1) is 17.3 Å². The van der Waals surface area contributed by atoms with Crippen LogP contribution in [-0.4, -0.2) is 67.7 Å². The summed E-state index contributed by atoms with van der Waals surface area (Å²) in [6, 6.07) is 8.46. The van der Waals surface area contributed by atoms with Crippen molar-refractivity contribution in [1.82, 2.24) is 34.4 Å². The highest BCUT2D eigenvalue weighted by atomic mass is 15.3. The van der Waals surface area contributed by atoms with E-state index in [1.807, 2.05) is 36.0 Å². The summed E-state index contributed by atoms with van der Waals surface area (Å²) in [6.07, 6.45) is 7.34. The number of fused-ring (bicyclic) bond motifs is 1. The first-order valence-electron chi connectivity index (χ1n) is 12.4. The van der Waals surface area contributed by atoms with E-state index in [0.29, 0.717) is 17.7 Å². The van der Waals surface area contributed by atoms with Crippen LogP contribution in [0.2, 0.25) is 0 Å². The van der Waals surface area contributed by atoms with Crippen LogP contribution in [0.25, 0.3) is 16.8 Å². The number of nitrogens with one attached hydrogen (secondary N) is 1. The van der Waals surface area contributed by atoms with Crippen LogP contribution in [0.5, 0.6) is 0 Å². The lowest BCUT2D eigenvalue weighted by Crippen LogP contribution is -2.42. The Bertz CT molecular complexity index is 1460. The molecule has 37 heavy (non-hydrogen) atoms. The second kappa shape index (κ2) is 9.99. The van der Waals surface area contributed by atoms with E-state index in [0.717, 1.165) is 54.1 Å². The predicted octanol–water partition coefficient (Wildman–Crippen LogP) is 3.05. The van der Waals surface area contributed by atoms with Gasteiger partial charge in [-0.25, -0.2) is 24.5 Å². The van der Waals surface area contributed by atoms with Gasteiger partial charge in [-0.15, -0.1) is 0 Å². The second-order valence-corrected chi connectivity index (χ2v) is 9.66. The Kier molecular flexibility index (Phi) is 6.58. The number of nitrogens with two attached hydrogens (primary N) is 1. The van der Waals surface area contributed by atoms with E-state index < -0.39 is 0 Å². The van der Waals surface area contributed by atoms with Crippen LogP contribution in [-0.2, 0) is 0 Å². The molecule has 1 saturated heterocycles. The topological polar surface area (TPSA) is 137 Å². The molecule has 1 atom stereocenters. The van der Waals surface area contributed by atoms with Crippen molar-refractivity contribution in [3.63, 3.8) is 0 Å². The molecule has 0 aliphatic carbocycles. The number of nitrogen functional groups attached to an aromatic ring is 1. The third-order valence-corrected chi connectivity index (χ3v) is 7.00. The van der Waals surface area contributed by atoms with Gasteiger partial charge in [0.1, 0.15) is 35.4 Å². The number of hydrogen-bond acceptors (Lipinski definition) is 10. The van der Waals surface area contributed by atoms with Crippen molar-refractivity contribution in [2.45, 2.75) is 38.8 Å². The molecule has 0 spiro atoms. The van der Waals surface area contributed by atoms with Crippen LogP contribution in [0.3, 0.4) is 0 Å². The van der Waals surface area contributed by atoms with E-state index in [2.05, 4.69) is 63.2 Å². The van der Waals surface area contributed by atoms with Gasteiger partial charge in [-0.2, -0.15) is 10.4 Å². The molecule has 5 rings (SSSR count). The average Bonchev–Trinajstić information content (AvgIpc) is 3.29. The first kappa shape index (κ1) is 24.4. The van der Waals surface area contributed by atoms with Gasteiger partial charge in [0, 0.05) is 37.1 Å². The third kappa shape index (κ3) is 4.75. The molecule has 4 aromatic heterocycles. The lowest BCUT2D eigenvalue weighted by Gasteiger charge is -2.35.